The van der Waals surface area contributed by atoms with E-state index in [-0.39, 0.29) is 18.0 Å². The summed E-state index contributed by atoms with van der Waals surface area (Å²) in [6.07, 6.45) is 0. The van der Waals surface area contributed by atoms with Crippen molar-refractivity contribution in [2.75, 3.05) is 7.05 Å². The molecule has 0 atom stereocenters. The van der Waals surface area contributed by atoms with Crippen LogP contribution in [0.25, 0.3) is 0 Å². The Labute approximate surface area is 132 Å². The average molecular weight is 316 g/mol. The van der Waals surface area contributed by atoms with E-state index in [9.17, 15) is 9.59 Å². The van der Waals surface area contributed by atoms with Crippen molar-refractivity contribution >= 4 is 17.2 Å². The van der Waals surface area contributed by atoms with Gasteiger partial charge in [-0.05, 0) is 30.9 Å². The summed E-state index contributed by atoms with van der Waals surface area (Å²) in [4.78, 5) is 27.0. The van der Waals surface area contributed by atoms with Crippen molar-refractivity contribution in [3.63, 3.8) is 0 Å². The first kappa shape index (κ1) is 15.9. The van der Waals surface area contributed by atoms with E-state index in [4.69, 9.17) is 5.26 Å². The van der Waals surface area contributed by atoms with Gasteiger partial charge in [0.1, 0.15) is 18.2 Å². The Hall–Kier alpha value is -2.46. The lowest BCUT2D eigenvalue weighted by Gasteiger charge is -2.17. The summed E-state index contributed by atoms with van der Waals surface area (Å²) in [6.45, 7) is 3.71. The molecule has 0 aromatic carbocycles. The Morgan fingerprint density at radius 2 is 2.23 bits per heavy atom. The molecule has 0 fully saturated rings. The van der Waals surface area contributed by atoms with Crippen LogP contribution < -0.4 is 5.56 Å². The molecule has 0 spiro atoms. The van der Waals surface area contributed by atoms with E-state index in [1.54, 1.807) is 37.1 Å². The number of nitrogens with zero attached hydrogens (tertiary/aromatic N) is 4. The van der Waals surface area contributed by atoms with E-state index < -0.39 is 5.56 Å². The number of rotatable bonds is 4. The van der Waals surface area contributed by atoms with Gasteiger partial charge in [0.25, 0.3) is 5.56 Å². The molecule has 0 N–H and O–H groups in total. The van der Waals surface area contributed by atoms with Crippen LogP contribution in [0.4, 0.5) is 0 Å². The molecule has 6 nitrogen and oxygen atoms in total. The summed E-state index contributed by atoms with van der Waals surface area (Å²) in [6, 6.07) is 5.76. The summed E-state index contributed by atoms with van der Waals surface area (Å²) in [5.74, 6) is -0.227. The first-order valence-corrected chi connectivity index (χ1v) is 7.56. The zero-order valence-corrected chi connectivity index (χ0v) is 13.5. The molecule has 2 heterocycles. The number of amides is 1. The molecule has 0 bridgehead atoms. The molecule has 22 heavy (non-hydrogen) atoms. The minimum absolute atomic E-state index is 0.0428. The number of nitriles is 1. The quantitative estimate of drug-likeness (QED) is 0.855. The first-order chi connectivity index (χ1) is 10.4. The summed E-state index contributed by atoms with van der Waals surface area (Å²) in [5.41, 5.74) is 0.651. The Bertz CT molecular complexity index is 787. The lowest BCUT2D eigenvalue weighted by Crippen LogP contribution is -2.36. The third-order valence-corrected chi connectivity index (χ3v) is 4.29. The van der Waals surface area contributed by atoms with E-state index in [0.29, 0.717) is 17.8 Å². The van der Waals surface area contributed by atoms with E-state index in [2.05, 4.69) is 5.10 Å². The fraction of sp³-hybridized carbons (Fsp3) is 0.333. The number of hydrogen-bond acceptors (Lipinski definition) is 5. The topological polar surface area (TPSA) is 79.0 Å². The van der Waals surface area contributed by atoms with E-state index >= 15 is 0 Å². The second-order valence-corrected chi connectivity index (χ2v) is 6.02. The van der Waals surface area contributed by atoms with Crippen molar-refractivity contribution in [3.05, 3.63) is 49.6 Å². The molecule has 114 valence electrons. The molecule has 2 rings (SSSR count). The van der Waals surface area contributed by atoms with Gasteiger partial charge in [-0.25, -0.2) is 4.68 Å². The van der Waals surface area contributed by atoms with Crippen LogP contribution in [0.15, 0.2) is 22.3 Å². The molecule has 0 aliphatic carbocycles. The average Bonchev–Trinajstić information content (AvgIpc) is 2.98. The molecule has 2 aromatic heterocycles. The molecular weight excluding hydrogens is 300 g/mol. The van der Waals surface area contributed by atoms with Crippen LogP contribution in [0.1, 0.15) is 21.7 Å². The highest BCUT2D eigenvalue weighted by atomic mass is 32.1. The van der Waals surface area contributed by atoms with E-state index in [1.807, 2.05) is 23.6 Å². The van der Waals surface area contributed by atoms with Crippen LogP contribution in [0.3, 0.4) is 0 Å². The number of carbonyl (C=O) groups is 1. The molecule has 0 unspecified atom stereocenters. The first-order valence-electron chi connectivity index (χ1n) is 6.68. The largest absolute Gasteiger partial charge is 0.339 e. The van der Waals surface area contributed by atoms with Gasteiger partial charge in [-0.1, -0.05) is 6.07 Å². The summed E-state index contributed by atoms with van der Waals surface area (Å²) < 4.78 is 1.06. The Kier molecular flexibility index (Phi) is 4.73. The molecule has 0 aliphatic rings. The van der Waals surface area contributed by atoms with Crippen LogP contribution in [-0.4, -0.2) is 27.6 Å². The lowest BCUT2D eigenvalue weighted by atomic mass is 10.1. The Morgan fingerprint density at radius 1 is 1.50 bits per heavy atom. The zero-order valence-electron chi connectivity index (χ0n) is 12.7. The second-order valence-electron chi connectivity index (χ2n) is 4.99. The van der Waals surface area contributed by atoms with Crippen LogP contribution in [0.2, 0.25) is 0 Å². The van der Waals surface area contributed by atoms with E-state index in [1.165, 1.54) is 0 Å². The maximum atomic E-state index is 12.2. The van der Waals surface area contributed by atoms with Crippen molar-refractivity contribution in [2.24, 2.45) is 0 Å². The standard InChI is InChI=1S/C15H16N4O2S/c1-10-11(2)17-19(15(21)13(10)7-16)9-14(20)18(3)8-12-5-4-6-22-12/h4-6H,8-9H2,1-3H3. The van der Waals surface area contributed by atoms with Gasteiger partial charge in [0.2, 0.25) is 5.91 Å². The zero-order chi connectivity index (χ0) is 16.3. The second kappa shape index (κ2) is 6.54. The molecule has 0 radical (unpaired) electrons. The van der Waals surface area contributed by atoms with Gasteiger partial charge in [0.05, 0.1) is 12.2 Å². The molecular formula is C15H16N4O2S. The molecule has 1 amide bonds. The van der Waals surface area contributed by atoms with Crippen LogP contribution in [0.5, 0.6) is 0 Å². The lowest BCUT2D eigenvalue weighted by molar-refractivity contribution is -0.131. The van der Waals surface area contributed by atoms with Crippen molar-refractivity contribution < 1.29 is 4.79 Å². The number of thiophene rings is 1. The monoisotopic (exact) mass is 316 g/mol. The van der Waals surface area contributed by atoms with Crippen LogP contribution in [0, 0.1) is 25.2 Å². The Morgan fingerprint density at radius 3 is 2.82 bits per heavy atom. The minimum atomic E-state index is -0.525. The third kappa shape index (κ3) is 3.23. The van der Waals surface area contributed by atoms with Gasteiger partial charge >= 0.3 is 0 Å². The highest BCUT2D eigenvalue weighted by Crippen LogP contribution is 2.11. The van der Waals surface area contributed by atoms with Crippen molar-refractivity contribution in [1.82, 2.24) is 14.7 Å². The number of carbonyl (C=O) groups excluding carboxylic acids is 1. The maximum Gasteiger partial charge on any atom is 0.285 e. The van der Waals surface area contributed by atoms with Crippen molar-refractivity contribution in [3.8, 4) is 6.07 Å². The predicted molar refractivity (Wildman–Crippen MR) is 83.5 cm³/mol. The molecule has 0 saturated carbocycles. The third-order valence-electron chi connectivity index (χ3n) is 3.43. The highest BCUT2D eigenvalue weighted by molar-refractivity contribution is 7.09. The summed E-state index contributed by atoms with van der Waals surface area (Å²) in [7, 11) is 1.68. The number of aryl methyl sites for hydroxylation is 1. The predicted octanol–water partition coefficient (Wildman–Crippen LogP) is 1.45. The van der Waals surface area contributed by atoms with E-state index in [0.717, 1.165) is 9.56 Å². The van der Waals surface area contributed by atoms with Crippen LogP contribution in [-0.2, 0) is 17.9 Å². The Balaban J connectivity index is 2.20. The van der Waals surface area contributed by atoms with Gasteiger partial charge in [-0.3, -0.25) is 9.59 Å². The maximum absolute atomic E-state index is 12.2. The van der Waals surface area contributed by atoms with Gasteiger partial charge in [-0.2, -0.15) is 10.4 Å². The number of aromatic nitrogens is 2. The van der Waals surface area contributed by atoms with Gasteiger partial charge in [-0.15, -0.1) is 11.3 Å². The van der Waals surface area contributed by atoms with Crippen molar-refractivity contribution in [1.29, 1.82) is 5.26 Å². The summed E-state index contributed by atoms with van der Waals surface area (Å²) in [5, 5.41) is 15.1. The highest BCUT2D eigenvalue weighted by Gasteiger charge is 2.16. The van der Waals surface area contributed by atoms with Crippen molar-refractivity contribution in [2.45, 2.75) is 26.9 Å². The van der Waals surface area contributed by atoms with Gasteiger partial charge in [0.15, 0.2) is 0 Å². The molecule has 7 heteroatoms. The fourth-order valence-corrected chi connectivity index (χ4v) is 2.74. The normalized spacial score (nSPS) is 10.3. The number of hydrogen-bond donors (Lipinski definition) is 0. The SMILES string of the molecule is Cc1nn(CC(=O)N(C)Cc2cccs2)c(=O)c(C#N)c1C. The summed E-state index contributed by atoms with van der Waals surface area (Å²) >= 11 is 1.57. The van der Waals surface area contributed by atoms with Crippen LogP contribution >= 0.6 is 11.3 Å². The molecule has 0 saturated heterocycles. The minimum Gasteiger partial charge on any atom is -0.339 e. The number of likely N-dealkylation sites (N-methyl/N-ethyl adjacent to an activating group) is 1. The molecule has 2 aromatic rings. The van der Waals surface area contributed by atoms with Gasteiger partial charge in [0, 0.05) is 11.9 Å². The van der Waals surface area contributed by atoms with Gasteiger partial charge < -0.3 is 4.90 Å². The smallest absolute Gasteiger partial charge is 0.285 e. The fourth-order valence-electron chi connectivity index (χ4n) is 1.98. The molecule has 0 aliphatic heterocycles.